The fourth-order valence-corrected chi connectivity index (χ4v) is 6.22. The molecule has 0 spiro atoms. The molecule has 0 radical (unpaired) electrons. The van der Waals surface area contributed by atoms with Gasteiger partial charge in [-0.05, 0) is 61.6 Å². The first kappa shape index (κ1) is 25.8. The van der Waals surface area contributed by atoms with Gasteiger partial charge in [-0.2, -0.15) is 13.2 Å². The third-order valence-corrected chi connectivity index (χ3v) is 8.36. The van der Waals surface area contributed by atoms with E-state index in [1.165, 1.54) is 11.0 Å². The Morgan fingerprint density at radius 3 is 2.51 bits per heavy atom. The first-order chi connectivity index (χ1) is 18.7. The lowest BCUT2D eigenvalue weighted by Gasteiger charge is -2.48. The standard InChI is InChI=1S/C28H29F3N4O4/c29-28(30,31)18-5-8-21(32-12-18)17-13-34(14-17)22-3-1-2-4-24(22)39-19-6-7-20-16(11-19)15-35(27(20)38)23-9-10-25(36)33-26(23)37/h5-8,11-12,17,22-24H,1-4,9-10,13-15H2,(H,33,36,37)/t22-,23-,24-/m0/s1. The number of carbonyl (C=O) groups is 3. The number of alkyl halides is 3. The van der Waals surface area contributed by atoms with Crippen LogP contribution in [0.5, 0.6) is 5.75 Å². The van der Waals surface area contributed by atoms with Crippen molar-refractivity contribution in [1.29, 1.82) is 0 Å². The van der Waals surface area contributed by atoms with Crippen molar-refractivity contribution >= 4 is 17.7 Å². The number of pyridine rings is 1. The Bertz CT molecular complexity index is 1290. The molecule has 39 heavy (non-hydrogen) atoms. The van der Waals surface area contributed by atoms with Gasteiger partial charge in [-0.15, -0.1) is 0 Å². The zero-order valence-electron chi connectivity index (χ0n) is 21.2. The van der Waals surface area contributed by atoms with E-state index >= 15 is 0 Å². The lowest BCUT2D eigenvalue weighted by atomic mass is 9.85. The van der Waals surface area contributed by atoms with Crippen LogP contribution in [0.1, 0.15) is 71.6 Å². The topological polar surface area (TPSA) is 91.8 Å². The minimum atomic E-state index is -4.39. The molecule has 3 fully saturated rings. The van der Waals surface area contributed by atoms with Crippen LogP contribution in [0.15, 0.2) is 36.5 Å². The quantitative estimate of drug-likeness (QED) is 0.580. The Morgan fingerprint density at radius 2 is 1.79 bits per heavy atom. The van der Waals surface area contributed by atoms with Crippen molar-refractivity contribution in [2.45, 2.75) is 75.4 Å². The SMILES string of the molecule is O=C1CC[C@H](N2Cc3cc(O[C@H]4CCCC[C@@H]4N4CC(c5ccc(C(F)(F)F)cn5)C4)ccc3C2=O)C(=O)N1. The number of nitrogens with one attached hydrogen (secondary N) is 1. The number of aromatic nitrogens is 1. The number of nitrogens with zero attached hydrogens (tertiary/aromatic N) is 3. The zero-order valence-corrected chi connectivity index (χ0v) is 21.2. The maximum absolute atomic E-state index is 13.0. The Balaban J connectivity index is 1.09. The third-order valence-electron chi connectivity index (χ3n) is 8.36. The lowest BCUT2D eigenvalue weighted by Crippen LogP contribution is -2.57. The molecule has 1 saturated carbocycles. The maximum atomic E-state index is 13.0. The molecule has 1 aromatic carbocycles. The van der Waals surface area contributed by atoms with Crippen molar-refractivity contribution < 1.29 is 32.3 Å². The fourth-order valence-electron chi connectivity index (χ4n) is 6.22. The van der Waals surface area contributed by atoms with Crippen LogP contribution in [0.4, 0.5) is 13.2 Å². The summed E-state index contributed by atoms with van der Waals surface area (Å²) in [7, 11) is 0. The van der Waals surface area contributed by atoms with E-state index in [4.69, 9.17) is 4.74 Å². The summed E-state index contributed by atoms with van der Waals surface area (Å²) in [6.07, 6.45) is 1.00. The van der Waals surface area contributed by atoms with Gasteiger partial charge in [-0.25, -0.2) is 0 Å². The number of hydrogen-bond donors (Lipinski definition) is 1. The molecule has 1 N–H and O–H groups in total. The summed E-state index contributed by atoms with van der Waals surface area (Å²) < 4.78 is 45.0. The molecular formula is C28H29F3N4O4. The van der Waals surface area contributed by atoms with Crippen LogP contribution < -0.4 is 10.1 Å². The monoisotopic (exact) mass is 542 g/mol. The lowest BCUT2D eigenvalue weighted by molar-refractivity contribution is -0.138. The summed E-state index contributed by atoms with van der Waals surface area (Å²) in [5.41, 5.74) is 1.28. The van der Waals surface area contributed by atoms with Gasteiger partial charge < -0.3 is 9.64 Å². The van der Waals surface area contributed by atoms with Crippen molar-refractivity contribution in [3.05, 3.63) is 58.9 Å². The molecule has 2 saturated heterocycles. The Hall–Kier alpha value is -3.47. The molecule has 1 aromatic heterocycles. The number of ether oxygens (including phenoxy) is 1. The highest BCUT2D eigenvalue weighted by molar-refractivity contribution is 6.05. The first-order valence-electron chi connectivity index (χ1n) is 13.4. The van der Waals surface area contributed by atoms with Crippen molar-refractivity contribution in [3.63, 3.8) is 0 Å². The van der Waals surface area contributed by atoms with Crippen LogP contribution in [0, 0.1) is 0 Å². The Morgan fingerprint density at radius 1 is 1.00 bits per heavy atom. The summed E-state index contributed by atoms with van der Waals surface area (Å²) in [6, 6.07) is 7.51. The Labute approximate surface area is 223 Å². The van der Waals surface area contributed by atoms with Gasteiger partial charge in [0.1, 0.15) is 17.9 Å². The van der Waals surface area contributed by atoms with Crippen molar-refractivity contribution in [2.75, 3.05) is 13.1 Å². The summed E-state index contributed by atoms with van der Waals surface area (Å²) in [5, 5.41) is 2.32. The number of imide groups is 1. The molecule has 4 heterocycles. The molecule has 4 aliphatic rings. The summed E-state index contributed by atoms with van der Waals surface area (Å²) in [6.45, 7) is 1.74. The zero-order chi connectivity index (χ0) is 27.3. The Kier molecular flexibility index (Phi) is 6.57. The van der Waals surface area contributed by atoms with Crippen LogP contribution in [0.2, 0.25) is 0 Å². The van der Waals surface area contributed by atoms with Crippen LogP contribution in [-0.4, -0.2) is 63.8 Å². The van der Waals surface area contributed by atoms with Crippen LogP contribution >= 0.6 is 0 Å². The number of amides is 3. The number of likely N-dealkylation sites (tertiary alicyclic amines) is 1. The minimum Gasteiger partial charge on any atom is -0.489 e. The van der Waals surface area contributed by atoms with Crippen LogP contribution in [0.25, 0.3) is 0 Å². The average Bonchev–Trinajstić information content (AvgIpc) is 3.19. The van der Waals surface area contributed by atoms with Crippen LogP contribution in [-0.2, 0) is 22.3 Å². The number of benzene rings is 1. The maximum Gasteiger partial charge on any atom is 0.417 e. The molecule has 3 atom stereocenters. The largest absolute Gasteiger partial charge is 0.489 e. The molecule has 1 aliphatic carbocycles. The molecule has 3 aliphatic heterocycles. The van der Waals surface area contributed by atoms with Gasteiger partial charge in [0, 0.05) is 55.5 Å². The fraction of sp³-hybridized carbons (Fsp3) is 0.500. The van der Waals surface area contributed by atoms with Gasteiger partial charge in [0.05, 0.1) is 5.56 Å². The summed E-state index contributed by atoms with van der Waals surface area (Å²) in [4.78, 5) is 44.7. The number of carbonyl (C=O) groups excluding carboxylic acids is 3. The van der Waals surface area contributed by atoms with E-state index in [0.29, 0.717) is 30.0 Å². The second-order valence-electron chi connectivity index (χ2n) is 10.8. The van der Waals surface area contributed by atoms with E-state index in [0.717, 1.165) is 56.6 Å². The molecule has 0 bridgehead atoms. The molecule has 8 nitrogen and oxygen atoms in total. The van der Waals surface area contributed by atoms with Gasteiger partial charge in [-0.3, -0.25) is 29.6 Å². The van der Waals surface area contributed by atoms with E-state index in [1.54, 1.807) is 12.1 Å². The number of piperidine rings is 1. The normalized spacial score (nSPS) is 26.3. The second-order valence-corrected chi connectivity index (χ2v) is 10.8. The number of rotatable bonds is 5. The summed E-state index contributed by atoms with van der Waals surface area (Å²) >= 11 is 0. The van der Waals surface area contributed by atoms with Crippen molar-refractivity contribution in [2.24, 2.45) is 0 Å². The number of hydrogen-bond acceptors (Lipinski definition) is 6. The van der Waals surface area contributed by atoms with Gasteiger partial charge >= 0.3 is 6.18 Å². The first-order valence-corrected chi connectivity index (χ1v) is 13.4. The molecule has 0 unspecified atom stereocenters. The smallest absolute Gasteiger partial charge is 0.417 e. The van der Waals surface area contributed by atoms with E-state index < -0.39 is 23.7 Å². The highest BCUT2D eigenvalue weighted by atomic mass is 19.4. The minimum absolute atomic E-state index is 0.0401. The predicted molar refractivity (Wildman–Crippen MR) is 133 cm³/mol. The number of fused-ring (bicyclic) bond motifs is 1. The molecule has 3 amide bonds. The van der Waals surface area contributed by atoms with E-state index in [1.807, 2.05) is 6.07 Å². The van der Waals surface area contributed by atoms with Gasteiger partial charge in [0.15, 0.2) is 0 Å². The second kappa shape index (κ2) is 9.93. The van der Waals surface area contributed by atoms with Gasteiger partial charge in [-0.1, -0.05) is 6.42 Å². The predicted octanol–water partition coefficient (Wildman–Crippen LogP) is 3.65. The van der Waals surface area contributed by atoms with E-state index in [2.05, 4.69) is 15.2 Å². The average molecular weight is 543 g/mol. The molecular weight excluding hydrogens is 513 g/mol. The third kappa shape index (κ3) is 4.99. The van der Waals surface area contributed by atoms with Crippen molar-refractivity contribution in [1.82, 2.24) is 20.1 Å². The van der Waals surface area contributed by atoms with E-state index in [-0.39, 0.29) is 36.3 Å². The van der Waals surface area contributed by atoms with Crippen molar-refractivity contribution in [3.8, 4) is 5.75 Å². The molecule has 2 aromatic rings. The van der Waals surface area contributed by atoms with Gasteiger partial charge in [0.25, 0.3) is 5.91 Å². The van der Waals surface area contributed by atoms with E-state index in [9.17, 15) is 27.6 Å². The molecule has 11 heteroatoms. The van der Waals surface area contributed by atoms with Gasteiger partial charge in [0.2, 0.25) is 11.8 Å². The highest BCUT2D eigenvalue weighted by Gasteiger charge is 2.41. The molecule has 6 rings (SSSR count). The molecule has 206 valence electrons. The van der Waals surface area contributed by atoms with Crippen LogP contribution in [0.3, 0.4) is 0 Å². The highest BCUT2D eigenvalue weighted by Crippen LogP contribution is 2.37. The number of halogens is 3. The summed E-state index contributed by atoms with van der Waals surface area (Å²) in [5.74, 6) is -0.204.